The minimum atomic E-state index is -4.61. The second-order valence-corrected chi connectivity index (χ2v) is 8.64. The van der Waals surface area contributed by atoms with Gasteiger partial charge in [-0.15, -0.1) is 11.8 Å². The number of aromatic nitrogens is 3. The number of pyridine rings is 1. The van der Waals surface area contributed by atoms with Gasteiger partial charge in [0, 0.05) is 17.3 Å². The van der Waals surface area contributed by atoms with Gasteiger partial charge in [-0.25, -0.2) is 15.2 Å². The summed E-state index contributed by atoms with van der Waals surface area (Å²) in [6.07, 6.45) is 0.485. The number of hydrazine groups is 1. The van der Waals surface area contributed by atoms with Gasteiger partial charge in [0.15, 0.2) is 5.69 Å². The summed E-state index contributed by atoms with van der Waals surface area (Å²) < 4.78 is 54.9. The Morgan fingerprint density at radius 3 is 2.44 bits per heavy atom. The van der Waals surface area contributed by atoms with Crippen LogP contribution in [0.1, 0.15) is 17.2 Å². The molecule has 4 aromatic rings. The van der Waals surface area contributed by atoms with Gasteiger partial charge in [0.25, 0.3) is 0 Å². The first-order chi connectivity index (χ1) is 17.1. The van der Waals surface area contributed by atoms with Gasteiger partial charge in [-0.3, -0.25) is 9.99 Å². The van der Waals surface area contributed by atoms with E-state index in [-0.39, 0.29) is 17.2 Å². The fraction of sp³-hybridized carbons (Fsp3) is 0.120. The molecule has 36 heavy (non-hydrogen) atoms. The first-order valence-corrected chi connectivity index (χ1v) is 11.9. The highest BCUT2D eigenvalue weighted by Crippen LogP contribution is 2.36. The standard InChI is InChI=1S/C25H22F4N6S/c1-15-33-24(25(27,28)29)14-34(15)21-9-6-17(16-4-3-5-19(10-16)36-2)11-22(21)35(31)23(12-30)20-8-7-18(26)13-32-20/h3-14H,30-31H2,1-2H3/b23-12-. The normalized spacial score (nSPS) is 12.1. The summed E-state index contributed by atoms with van der Waals surface area (Å²) in [5.74, 6) is 6.07. The van der Waals surface area contributed by atoms with Crippen molar-refractivity contribution in [2.45, 2.75) is 18.0 Å². The van der Waals surface area contributed by atoms with Crippen molar-refractivity contribution < 1.29 is 17.6 Å². The second kappa shape index (κ2) is 10.0. The minimum absolute atomic E-state index is 0.118. The number of imidazole rings is 1. The Bertz CT molecular complexity index is 1410. The molecule has 0 saturated heterocycles. The molecule has 0 fully saturated rings. The highest BCUT2D eigenvalue weighted by Gasteiger charge is 2.34. The predicted molar refractivity (Wildman–Crippen MR) is 134 cm³/mol. The van der Waals surface area contributed by atoms with Crippen LogP contribution in [0.5, 0.6) is 0 Å². The summed E-state index contributed by atoms with van der Waals surface area (Å²) in [6.45, 7) is 1.47. The molecule has 0 aliphatic heterocycles. The maximum absolute atomic E-state index is 13.4. The Labute approximate surface area is 209 Å². The highest BCUT2D eigenvalue weighted by molar-refractivity contribution is 7.98. The van der Waals surface area contributed by atoms with E-state index in [2.05, 4.69) is 9.97 Å². The number of alkyl halides is 3. The third-order valence-corrected chi connectivity index (χ3v) is 6.20. The molecule has 0 saturated carbocycles. The van der Waals surface area contributed by atoms with Crippen molar-refractivity contribution in [3.63, 3.8) is 0 Å². The molecule has 2 aromatic carbocycles. The highest BCUT2D eigenvalue weighted by atomic mass is 32.2. The lowest BCUT2D eigenvalue weighted by Gasteiger charge is -2.25. The minimum Gasteiger partial charge on any atom is -0.403 e. The van der Waals surface area contributed by atoms with Crippen molar-refractivity contribution in [1.82, 2.24) is 14.5 Å². The Hall–Kier alpha value is -3.83. The number of anilines is 1. The Morgan fingerprint density at radius 1 is 1.08 bits per heavy atom. The molecule has 2 aromatic heterocycles. The van der Waals surface area contributed by atoms with Crippen LogP contribution in [0.2, 0.25) is 0 Å². The van der Waals surface area contributed by atoms with E-state index in [1.807, 2.05) is 30.5 Å². The lowest BCUT2D eigenvalue weighted by molar-refractivity contribution is -0.141. The first kappa shape index (κ1) is 25.3. The SMILES string of the molecule is CSc1cccc(-c2ccc(-n3cc(C(F)(F)F)nc3C)c(N(N)/C(=C\N)c3ccc(F)cn3)c2)c1. The van der Waals surface area contributed by atoms with Crippen molar-refractivity contribution in [2.24, 2.45) is 11.6 Å². The van der Waals surface area contributed by atoms with Crippen LogP contribution in [0.25, 0.3) is 22.5 Å². The topological polar surface area (TPSA) is 86.0 Å². The number of hydrogen-bond donors (Lipinski definition) is 2. The van der Waals surface area contributed by atoms with Gasteiger partial charge in [0.05, 0.1) is 29.0 Å². The van der Waals surface area contributed by atoms with Gasteiger partial charge in [0.2, 0.25) is 0 Å². The van der Waals surface area contributed by atoms with E-state index in [9.17, 15) is 17.6 Å². The van der Waals surface area contributed by atoms with E-state index in [1.165, 1.54) is 34.8 Å². The van der Waals surface area contributed by atoms with Gasteiger partial charge >= 0.3 is 6.18 Å². The van der Waals surface area contributed by atoms with Crippen molar-refractivity contribution in [3.05, 3.63) is 96.2 Å². The summed E-state index contributed by atoms with van der Waals surface area (Å²) in [5.41, 5.74) is 7.67. The molecule has 0 spiro atoms. The molecule has 0 radical (unpaired) electrons. The fourth-order valence-corrected chi connectivity index (χ4v) is 4.16. The summed E-state index contributed by atoms with van der Waals surface area (Å²) in [5, 5.41) is 1.21. The van der Waals surface area contributed by atoms with Crippen LogP contribution >= 0.6 is 11.8 Å². The zero-order valence-electron chi connectivity index (χ0n) is 19.3. The maximum atomic E-state index is 13.4. The van der Waals surface area contributed by atoms with Crippen LogP contribution in [0.4, 0.5) is 23.2 Å². The molecule has 4 N–H and O–H groups in total. The molecule has 186 valence electrons. The molecule has 0 aliphatic rings. The van der Waals surface area contributed by atoms with Crippen molar-refractivity contribution in [3.8, 4) is 16.8 Å². The Kier molecular flexibility index (Phi) is 7.04. The lowest BCUT2D eigenvalue weighted by Crippen LogP contribution is -2.31. The van der Waals surface area contributed by atoms with E-state index >= 15 is 0 Å². The molecule has 0 amide bonds. The van der Waals surface area contributed by atoms with E-state index in [0.29, 0.717) is 11.4 Å². The molecular formula is C25H22F4N6S. The average Bonchev–Trinajstić information content (AvgIpc) is 3.27. The van der Waals surface area contributed by atoms with E-state index in [1.54, 1.807) is 30.0 Å². The summed E-state index contributed by atoms with van der Waals surface area (Å²) in [6, 6.07) is 15.6. The molecule has 0 unspecified atom stereocenters. The third kappa shape index (κ3) is 5.07. The van der Waals surface area contributed by atoms with E-state index in [4.69, 9.17) is 11.6 Å². The molecule has 0 aliphatic carbocycles. The third-order valence-electron chi connectivity index (χ3n) is 5.48. The number of thioether (sulfide) groups is 1. The average molecular weight is 515 g/mol. The molecule has 2 heterocycles. The first-order valence-electron chi connectivity index (χ1n) is 10.6. The Balaban J connectivity index is 1.90. The van der Waals surface area contributed by atoms with Crippen LogP contribution < -0.4 is 16.6 Å². The Morgan fingerprint density at radius 2 is 1.83 bits per heavy atom. The number of hydrogen-bond acceptors (Lipinski definition) is 6. The number of nitrogens with zero attached hydrogens (tertiary/aromatic N) is 4. The largest absolute Gasteiger partial charge is 0.434 e. The zero-order chi connectivity index (χ0) is 26.0. The van der Waals surface area contributed by atoms with Crippen molar-refractivity contribution >= 4 is 23.1 Å². The van der Waals surface area contributed by atoms with Crippen LogP contribution in [0.3, 0.4) is 0 Å². The van der Waals surface area contributed by atoms with Gasteiger partial charge in [-0.1, -0.05) is 18.2 Å². The molecule has 0 bridgehead atoms. The van der Waals surface area contributed by atoms with Gasteiger partial charge in [-0.2, -0.15) is 13.2 Å². The fourth-order valence-electron chi connectivity index (χ4n) is 3.70. The number of aryl methyl sites for hydroxylation is 1. The number of rotatable bonds is 6. The molecule has 11 heteroatoms. The molecule has 0 atom stereocenters. The van der Waals surface area contributed by atoms with E-state index < -0.39 is 17.7 Å². The predicted octanol–water partition coefficient (Wildman–Crippen LogP) is 5.76. The quantitative estimate of drug-likeness (QED) is 0.147. The number of halogens is 4. The van der Waals surface area contributed by atoms with Gasteiger partial charge in [-0.05, 0) is 60.7 Å². The van der Waals surface area contributed by atoms with Crippen molar-refractivity contribution in [1.29, 1.82) is 0 Å². The summed E-state index contributed by atoms with van der Waals surface area (Å²) in [7, 11) is 0. The monoisotopic (exact) mass is 514 g/mol. The van der Waals surface area contributed by atoms with E-state index in [0.717, 1.165) is 28.4 Å². The summed E-state index contributed by atoms with van der Waals surface area (Å²) in [4.78, 5) is 8.76. The maximum Gasteiger partial charge on any atom is 0.434 e. The van der Waals surface area contributed by atoms with Crippen LogP contribution in [-0.4, -0.2) is 20.8 Å². The van der Waals surface area contributed by atoms with Crippen LogP contribution in [-0.2, 0) is 6.18 Å². The number of nitrogens with two attached hydrogens (primary N) is 2. The van der Waals surface area contributed by atoms with Crippen LogP contribution in [0.15, 0.2) is 78.1 Å². The summed E-state index contributed by atoms with van der Waals surface area (Å²) >= 11 is 1.58. The molecular weight excluding hydrogens is 492 g/mol. The van der Waals surface area contributed by atoms with Gasteiger partial charge in [0.1, 0.15) is 11.6 Å². The lowest BCUT2D eigenvalue weighted by atomic mass is 10.0. The smallest absolute Gasteiger partial charge is 0.403 e. The number of benzene rings is 2. The van der Waals surface area contributed by atoms with Gasteiger partial charge < -0.3 is 10.3 Å². The molecule has 4 rings (SSSR count). The van der Waals surface area contributed by atoms with Crippen LogP contribution in [0, 0.1) is 12.7 Å². The zero-order valence-corrected chi connectivity index (χ0v) is 20.1. The second-order valence-electron chi connectivity index (χ2n) is 7.76. The van der Waals surface area contributed by atoms with Crippen molar-refractivity contribution in [2.75, 3.05) is 11.3 Å². The molecule has 6 nitrogen and oxygen atoms in total.